The minimum atomic E-state index is 0.168. The van der Waals surface area contributed by atoms with Crippen LogP contribution in [0.2, 0.25) is 0 Å². The standard InChI is InChI=1S/C11H15BrO/c1-9(2)13-11(8-12)10-6-4-3-5-7-10/h3-7,9,11H,8H2,1-2H3. The van der Waals surface area contributed by atoms with Crippen LogP contribution in [0.4, 0.5) is 0 Å². The van der Waals surface area contributed by atoms with Crippen LogP contribution >= 0.6 is 15.9 Å². The van der Waals surface area contributed by atoms with Crippen molar-refractivity contribution < 1.29 is 4.74 Å². The van der Waals surface area contributed by atoms with E-state index in [1.807, 2.05) is 18.2 Å². The number of benzene rings is 1. The van der Waals surface area contributed by atoms with E-state index >= 15 is 0 Å². The lowest BCUT2D eigenvalue weighted by Crippen LogP contribution is -2.11. The van der Waals surface area contributed by atoms with Crippen LogP contribution in [-0.4, -0.2) is 11.4 Å². The summed E-state index contributed by atoms with van der Waals surface area (Å²) in [6.45, 7) is 4.11. The molecule has 1 aromatic rings. The van der Waals surface area contributed by atoms with Gasteiger partial charge in [-0.2, -0.15) is 0 Å². The third kappa shape index (κ3) is 3.49. The zero-order chi connectivity index (χ0) is 9.68. The summed E-state index contributed by atoms with van der Waals surface area (Å²) in [6.07, 6.45) is 0.434. The molecule has 0 N–H and O–H groups in total. The van der Waals surface area contributed by atoms with E-state index in [0.717, 1.165) is 5.33 Å². The summed E-state index contributed by atoms with van der Waals surface area (Å²) in [5, 5.41) is 0.842. The summed E-state index contributed by atoms with van der Waals surface area (Å²) in [4.78, 5) is 0. The molecule has 0 aliphatic rings. The largest absolute Gasteiger partial charge is 0.370 e. The lowest BCUT2D eigenvalue weighted by molar-refractivity contribution is 0.0214. The van der Waals surface area contributed by atoms with E-state index in [4.69, 9.17) is 4.74 Å². The molecule has 1 nitrogen and oxygen atoms in total. The molecule has 72 valence electrons. The van der Waals surface area contributed by atoms with Gasteiger partial charge in [-0.05, 0) is 19.4 Å². The van der Waals surface area contributed by atoms with Gasteiger partial charge in [0.25, 0.3) is 0 Å². The quantitative estimate of drug-likeness (QED) is 0.735. The molecule has 0 fully saturated rings. The zero-order valence-corrected chi connectivity index (χ0v) is 9.62. The van der Waals surface area contributed by atoms with E-state index in [9.17, 15) is 0 Å². The monoisotopic (exact) mass is 242 g/mol. The highest BCUT2D eigenvalue weighted by molar-refractivity contribution is 9.09. The first kappa shape index (κ1) is 10.7. The molecule has 0 bridgehead atoms. The molecule has 0 radical (unpaired) electrons. The maximum absolute atomic E-state index is 5.74. The van der Waals surface area contributed by atoms with Crippen LogP contribution < -0.4 is 0 Å². The number of hydrogen-bond acceptors (Lipinski definition) is 1. The molecule has 0 saturated carbocycles. The van der Waals surface area contributed by atoms with Crippen molar-refractivity contribution in [2.75, 3.05) is 5.33 Å². The molecule has 0 amide bonds. The van der Waals surface area contributed by atoms with Gasteiger partial charge in [0, 0.05) is 5.33 Å². The summed E-state index contributed by atoms with van der Waals surface area (Å²) in [6, 6.07) is 10.3. The Morgan fingerprint density at radius 2 is 1.85 bits per heavy atom. The average molecular weight is 243 g/mol. The molecule has 1 aromatic carbocycles. The summed E-state index contributed by atoms with van der Waals surface area (Å²) >= 11 is 3.46. The first-order valence-corrected chi connectivity index (χ1v) is 5.62. The molecule has 1 unspecified atom stereocenters. The highest BCUT2D eigenvalue weighted by Crippen LogP contribution is 2.20. The summed E-state index contributed by atoms with van der Waals surface area (Å²) in [5.74, 6) is 0. The second-order valence-corrected chi connectivity index (χ2v) is 3.89. The van der Waals surface area contributed by atoms with Gasteiger partial charge < -0.3 is 4.74 Å². The third-order valence-corrected chi connectivity index (χ3v) is 2.34. The predicted octanol–water partition coefficient (Wildman–Crippen LogP) is 3.55. The van der Waals surface area contributed by atoms with Crippen molar-refractivity contribution in [3.63, 3.8) is 0 Å². The first-order valence-electron chi connectivity index (χ1n) is 4.50. The fourth-order valence-corrected chi connectivity index (χ4v) is 1.73. The molecular formula is C11H15BrO. The van der Waals surface area contributed by atoms with Crippen LogP contribution in [0, 0.1) is 0 Å². The topological polar surface area (TPSA) is 9.23 Å². The summed E-state index contributed by atoms with van der Waals surface area (Å²) in [5.41, 5.74) is 1.23. The van der Waals surface area contributed by atoms with E-state index in [1.165, 1.54) is 5.56 Å². The van der Waals surface area contributed by atoms with Crippen LogP contribution in [0.15, 0.2) is 30.3 Å². The molecule has 0 heterocycles. The van der Waals surface area contributed by atoms with Crippen molar-refractivity contribution in [3.8, 4) is 0 Å². The Bertz CT molecular complexity index is 233. The molecule has 0 aliphatic heterocycles. The lowest BCUT2D eigenvalue weighted by atomic mass is 10.1. The maximum Gasteiger partial charge on any atom is 0.0925 e. The molecule has 2 heteroatoms. The van der Waals surface area contributed by atoms with Crippen LogP contribution in [-0.2, 0) is 4.74 Å². The summed E-state index contributed by atoms with van der Waals surface area (Å²) in [7, 11) is 0. The smallest absolute Gasteiger partial charge is 0.0925 e. The number of halogens is 1. The SMILES string of the molecule is CC(C)OC(CBr)c1ccccc1. The van der Waals surface area contributed by atoms with Crippen molar-refractivity contribution in [1.29, 1.82) is 0 Å². The highest BCUT2D eigenvalue weighted by Gasteiger charge is 2.10. The second-order valence-electron chi connectivity index (χ2n) is 3.24. The van der Waals surface area contributed by atoms with Crippen molar-refractivity contribution in [2.45, 2.75) is 26.1 Å². The minimum absolute atomic E-state index is 0.168. The normalized spacial score (nSPS) is 13.2. The van der Waals surface area contributed by atoms with E-state index in [-0.39, 0.29) is 12.2 Å². The fourth-order valence-electron chi connectivity index (χ4n) is 1.20. The number of ether oxygens (including phenoxy) is 1. The van der Waals surface area contributed by atoms with E-state index in [1.54, 1.807) is 0 Å². The molecule has 1 rings (SSSR count). The Hall–Kier alpha value is -0.340. The van der Waals surface area contributed by atoms with Gasteiger partial charge in [-0.3, -0.25) is 0 Å². The Morgan fingerprint density at radius 1 is 1.23 bits per heavy atom. The van der Waals surface area contributed by atoms with Gasteiger partial charge in [-0.15, -0.1) is 0 Å². The lowest BCUT2D eigenvalue weighted by Gasteiger charge is -2.18. The van der Waals surface area contributed by atoms with Gasteiger partial charge in [0.1, 0.15) is 0 Å². The third-order valence-electron chi connectivity index (χ3n) is 1.75. The van der Waals surface area contributed by atoms with E-state index in [0.29, 0.717) is 0 Å². The molecule has 0 aliphatic carbocycles. The maximum atomic E-state index is 5.74. The van der Waals surface area contributed by atoms with Crippen LogP contribution in [0.3, 0.4) is 0 Å². The first-order chi connectivity index (χ1) is 6.24. The zero-order valence-electron chi connectivity index (χ0n) is 8.03. The van der Waals surface area contributed by atoms with Crippen molar-refractivity contribution >= 4 is 15.9 Å². The van der Waals surface area contributed by atoms with Crippen LogP contribution in [0.5, 0.6) is 0 Å². The fraction of sp³-hybridized carbons (Fsp3) is 0.455. The Morgan fingerprint density at radius 3 is 2.31 bits per heavy atom. The number of alkyl halides is 1. The Balaban J connectivity index is 2.67. The Labute approximate surface area is 88.2 Å². The molecule has 0 saturated heterocycles. The molecule has 0 spiro atoms. The second kappa shape index (κ2) is 5.40. The van der Waals surface area contributed by atoms with Gasteiger partial charge in [-0.25, -0.2) is 0 Å². The molecule has 0 aromatic heterocycles. The van der Waals surface area contributed by atoms with Crippen molar-refractivity contribution in [2.24, 2.45) is 0 Å². The van der Waals surface area contributed by atoms with E-state index in [2.05, 4.69) is 41.9 Å². The van der Waals surface area contributed by atoms with E-state index < -0.39 is 0 Å². The van der Waals surface area contributed by atoms with Gasteiger partial charge in [0.05, 0.1) is 12.2 Å². The number of hydrogen-bond donors (Lipinski definition) is 0. The summed E-state index contributed by atoms with van der Waals surface area (Å²) < 4.78 is 5.74. The van der Waals surface area contributed by atoms with Gasteiger partial charge in [0.2, 0.25) is 0 Å². The van der Waals surface area contributed by atoms with Crippen LogP contribution in [0.25, 0.3) is 0 Å². The van der Waals surface area contributed by atoms with Crippen molar-refractivity contribution in [1.82, 2.24) is 0 Å². The van der Waals surface area contributed by atoms with Crippen LogP contribution in [0.1, 0.15) is 25.5 Å². The molecule has 1 atom stereocenters. The van der Waals surface area contributed by atoms with Gasteiger partial charge in [0.15, 0.2) is 0 Å². The average Bonchev–Trinajstić information content (AvgIpc) is 2.15. The van der Waals surface area contributed by atoms with Gasteiger partial charge in [-0.1, -0.05) is 46.3 Å². The molecular weight excluding hydrogens is 228 g/mol. The molecule has 13 heavy (non-hydrogen) atoms. The van der Waals surface area contributed by atoms with Gasteiger partial charge >= 0.3 is 0 Å². The Kier molecular flexibility index (Phi) is 4.46. The van der Waals surface area contributed by atoms with Crippen molar-refractivity contribution in [3.05, 3.63) is 35.9 Å². The number of rotatable bonds is 4. The predicted molar refractivity (Wildman–Crippen MR) is 59.2 cm³/mol. The minimum Gasteiger partial charge on any atom is -0.370 e. The highest BCUT2D eigenvalue weighted by atomic mass is 79.9.